The molecule has 0 aliphatic carbocycles. The number of H-pyrrole nitrogens is 1. The molecule has 9 nitrogen and oxygen atoms in total. The summed E-state index contributed by atoms with van der Waals surface area (Å²) in [6.07, 6.45) is 2.96. The number of aromatic amines is 1. The van der Waals surface area contributed by atoms with Crippen LogP contribution in [-0.4, -0.2) is 58.7 Å². The van der Waals surface area contributed by atoms with E-state index in [9.17, 15) is 9.18 Å². The van der Waals surface area contributed by atoms with Gasteiger partial charge in [-0.25, -0.2) is 14.4 Å². The second-order valence-electron chi connectivity index (χ2n) is 6.73. The Morgan fingerprint density at radius 3 is 2.93 bits per heavy atom. The molecule has 0 fully saturated rings. The molecule has 3 heterocycles. The van der Waals surface area contributed by atoms with E-state index in [1.807, 2.05) is 0 Å². The van der Waals surface area contributed by atoms with Crippen LogP contribution in [0.25, 0.3) is 11.2 Å². The fourth-order valence-corrected chi connectivity index (χ4v) is 3.21. The van der Waals surface area contributed by atoms with Crippen molar-refractivity contribution in [2.75, 3.05) is 25.5 Å². The Bertz CT molecular complexity index is 1170. The van der Waals surface area contributed by atoms with E-state index in [2.05, 4.69) is 30.6 Å². The van der Waals surface area contributed by atoms with E-state index < -0.39 is 5.82 Å². The van der Waals surface area contributed by atoms with Gasteiger partial charge < -0.3 is 20.4 Å². The molecule has 0 saturated heterocycles. The quantitative estimate of drug-likeness (QED) is 0.464. The molecule has 0 bridgehead atoms. The number of carbonyl (C=O) groups excluding carboxylic acids is 1. The maximum absolute atomic E-state index is 13.5. The van der Waals surface area contributed by atoms with Gasteiger partial charge in [-0.2, -0.15) is 0 Å². The van der Waals surface area contributed by atoms with E-state index >= 15 is 0 Å². The van der Waals surface area contributed by atoms with Gasteiger partial charge in [0.2, 0.25) is 5.90 Å². The lowest BCUT2D eigenvalue weighted by Gasteiger charge is -2.13. The summed E-state index contributed by atoms with van der Waals surface area (Å²) in [7, 11) is 1.65. The Balaban J connectivity index is 1.64. The molecule has 4 rings (SSSR count). The number of hydrogen-bond acceptors (Lipinski definition) is 7. The molecule has 1 atom stereocenters. The Morgan fingerprint density at radius 2 is 2.20 bits per heavy atom. The van der Waals surface area contributed by atoms with Crippen LogP contribution in [0.5, 0.6) is 0 Å². The third-order valence-electron chi connectivity index (χ3n) is 4.73. The number of hydrogen-bond donors (Lipinski definition) is 4. The van der Waals surface area contributed by atoms with Crippen molar-refractivity contribution in [1.29, 1.82) is 5.41 Å². The molecule has 1 aliphatic rings. The molecule has 0 unspecified atom stereocenters. The summed E-state index contributed by atoms with van der Waals surface area (Å²) in [4.78, 5) is 28.6. The molecule has 10 heteroatoms. The van der Waals surface area contributed by atoms with E-state index in [0.29, 0.717) is 47.0 Å². The molecule has 30 heavy (non-hydrogen) atoms. The predicted octanol–water partition coefficient (Wildman–Crippen LogP) is 2.10. The number of nitrogens with one attached hydrogen (secondary N) is 4. The van der Waals surface area contributed by atoms with E-state index in [4.69, 9.17) is 10.1 Å². The molecular formula is C20H20FN7O2. The first-order chi connectivity index (χ1) is 14.5. The van der Waals surface area contributed by atoms with Gasteiger partial charge in [0.05, 0.1) is 24.0 Å². The fraction of sp³-hybridized carbons (Fsp3) is 0.250. The van der Waals surface area contributed by atoms with Crippen LogP contribution in [0.2, 0.25) is 0 Å². The van der Waals surface area contributed by atoms with E-state index in [1.54, 1.807) is 14.0 Å². The highest BCUT2D eigenvalue weighted by molar-refractivity contribution is 6.14. The third-order valence-corrected chi connectivity index (χ3v) is 4.73. The van der Waals surface area contributed by atoms with Gasteiger partial charge in [-0.15, -0.1) is 0 Å². The molecule has 1 aromatic carbocycles. The first kappa shape index (κ1) is 19.5. The van der Waals surface area contributed by atoms with Gasteiger partial charge >= 0.3 is 0 Å². The van der Waals surface area contributed by atoms with Crippen molar-refractivity contribution in [1.82, 2.24) is 20.3 Å². The molecule has 154 valence electrons. The number of halogens is 1. The SMILES string of the molecule is CNc1cc(F)ccc1C(=N)c1cnc2[nH]cc(C(=O)N[C@H](C)C3=NCCO3)c2n1. The number of anilines is 1. The zero-order valence-corrected chi connectivity index (χ0v) is 16.4. The summed E-state index contributed by atoms with van der Waals surface area (Å²) >= 11 is 0. The fourth-order valence-electron chi connectivity index (χ4n) is 3.21. The van der Waals surface area contributed by atoms with Gasteiger partial charge in [0.25, 0.3) is 5.91 Å². The first-order valence-corrected chi connectivity index (χ1v) is 9.36. The maximum Gasteiger partial charge on any atom is 0.255 e. The van der Waals surface area contributed by atoms with Crippen LogP contribution >= 0.6 is 0 Å². The van der Waals surface area contributed by atoms with Crippen molar-refractivity contribution in [2.45, 2.75) is 13.0 Å². The van der Waals surface area contributed by atoms with Crippen molar-refractivity contribution >= 4 is 34.4 Å². The molecule has 0 spiro atoms. The molecule has 1 aliphatic heterocycles. The van der Waals surface area contributed by atoms with Crippen LogP contribution in [0.4, 0.5) is 10.1 Å². The van der Waals surface area contributed by atoms with Crippen LogP contribution < -0.4 is 10.6 Å². The van der Waals surface area contributed by atoms with Crippen molar-refractivity contribution in [3.63, 3.8) is 0 Å². The van der Waals surface area contributed by atoms with E-state index in [1.165, 1.54) is 30.6 Å². The lowest BCUT2D eigenvalue weighted by Crippen LogP contribution is -2.38. The van der Waals surface area contributed by atoms with Gasteiger partial charge in [-0.1, -0.05) is 0 Å². The number of amides is 1. The summed E-state index contributed by atoms with van der Waals surface area (Å²) in [6.45, 7) is 2.88. The monoisotopic (exact) mass is 409 g/mol. The highest BCUT2D eigenvalue weighted by atomic mass is 19.1. The van der Waals surface area contributed by atoms with Crippen molar-refractivity contribution in [3.8, 4) is 0 Å². The first-order valence-electron chi connectivity index (χ1n) is 9.36. The van der Waals surface area contributed by atoms with Crippen LogP contribution in [0.1, 0.15) is 28.5 Å². The summed E-state index contributed by atoms with van der Waals surface area (Å²) in [5, 5.41) is 14.2. The summed E-state index contributed by atoms with van der Waals surface area (Å²) in [6, 6.07) is 3.71. The van der Waals surface area contributed by atoms with Crippen molar-refractivity contribution in [2.24, 2.45) is 4.99 Å². The lowest BCUT2D eigenvalue weighted by atomic mass is 10.1. The lowest BCUT2D eigenvalue weighted by molar-refractivity contribution is 0.0947. The standard InChI is InChI=1S/C20H20FN7O2/c1-10(20-24-5-6-30-20)27-19(29)13-8-25-18-17(13)28-15(9-26-18)16(22)12-4-3-11(21)7-14(12)23-2/h3-4,7-10,22-23H,5-6H2,1-2H3,(H,25,26)(H,27,29)/t10-/m1/s1. The largest absolute Gasteiger partial charge is 0.478 e. The number of aromatic nitrogens is 3. The third kappa shape index (κ3) is 3.59. The number of nitrogens with zero attached hydrogens (tertiary/aromatic N) is 3. The topological polar surface area (TPSA) is 128 Å². The zero-order chi connectivity index (χ0) is 21.3. The average Bonchev–Trinajstić information content (AvgIpc) is 3.42. The number of aliphatic imine (C=N–C) groups is 1. The highest BCUT2D eigenvalue weighted by Crippen LogP contribution is 2.21. The van der Waals surface area contributed by atoms with Crippen LogP contribution in [0.3, 0.4) is 0 Å². The predicted molar refractivity (Wildman–Crippen MR) is 111 cm³/mol. The normalized spacial score (nSPS) is 14.2. The zero-order valence-electron chi connectivity index (χ0n) is 16.4. The number of rotatable bonds is 6. The molecule has 2 aromatic heterocycles. The minimum absolute atomic E-state index is 0.0587. The summed E-state index contributed by atoms with van der Waals surface area (Å²) < 4.78 is 18.9. The van der Waals surface area contributed by atoms with Crippen LogP contribution in [0.15, 0.2) is 35.6 Å². The average molecular weight is 409 g/mol. The molecule has 0 radical (unpaired) electrons. The number of ether oxygens (including phenoxy) is 1. The van der Waals surface area contributed by atoms with Gasteiger partial charge in [-0.05, 0) is 25.1 Å². The Kier molecular flexibility index (Phi) is 5.13. The van der Waals surface area contributed by atoms with E-state index in [-0.39, 0.29) is 23.4 Å². The molecule has 3 aromatic rings. The molecule has 1 amide bonds. The highest BCUT2D eigenvalue weighted by Gasteiger charge is 2.22. The van der Waals surface area contributed by atoms with Crippen molar-refractivity contribution in [3.05, 3.63) is 53.2 Å². The van der Waals surface area contributed by atoms with Crippen LogP contribution in [0, 0.1) is 11.2 Å². The Labute approximate surface area is 171 Å². The van der Waals surface area contributed by atoms with Gasteiger partial charge in [0.15, 0.2) is 5.65 Å². The Hall–Kier alpha value is -3.82. The minimum atomic E-state index is -0.410. The second kappa shape index (κ2) is 7.90. The molecular weight excluding hydrogens is 389 g/mol. The van der Waals surface area contributed by atoms with Crippen LogP contribution in [-0.2, 0) is 4.74 Å². The maximum atomic E-state index is 13.5. The molecule has 4 N–H and O–H groups in total. The van der Waals surface area contributed by atoms with Gasteiger partial charge in [0.1, 0.15) is 29.7 Å². The second-order valence-corrected chi connectivity index (χ2v) is 6.73. The Morgan fingerprint density at radius 1 is 1.37 bits per heavy atom. The van der Waals surface area contributed by atoms with Gasteiger partial charge in [0, 0.05) is 24.5 Å². The number of benzene rings is 1. The van der Waals surface area contributed by atoms with Gasteiger partial charge in [-0.3, -0.25) is 15.2 Å². The van der Waals surface area contributed by atoms with Crippen molar-refractivity contribution < 1.29 is 13.9 Å². The number of carbonyl (C=O) groups is 1. The van der Waals surface area contributed by atoms with E-state index in [0.717, 1.165) is 0 Å². The summed E-state index contributed by atoms with van der Waals surface area (Å²) in [5.41, 5.74) is 2.31. The summed E-state index contributed by atoms with van der Waals surface area (Å²) in [5.74, 6) is -0.276. The number of fused-ring (bicyclic) bond motifs is 1. The smallest absolute Gasteiger partial charge is 0.255 e. The minimum Gasteiger partial charge on any atom is -0.478 e. The molecule has 0 saturated carbocycles.